The van der Waals surface area contributed by atoms with E-state index in [2.05, 4.69) is 20.5 Å². The van der Waals surface area contributed by atoms with E-state index in [4.69, 9.17) is 11.5 Å². The molecule has 0 saturated carbocycles. The number of non-ortho nitro benzene ring substituents is 1. The normalized spacial score (nSPS) is 11.3. The van der Waals surface area contributed by atoms with Gasteiger partial charge in [0.25, 0.3) is 5.69 Å². The van der Waals surface area contributed by atoms with Crippen molar-refractivity contribution in [2.45, 2.75) is 0 Å². The van der Waals surface area contributed by atoms with Gasteiger partial charge in [0, 0.05) is 17.8 Å². The minimum absolute atomic E-state index is 0.00500. The van der Waals surface area contributed by atoms with Crippen LogP contribution >= 0.6 is 0 Å². The van der Waals surface area contributed by atoms with Gasteiger partial charge in [-0.1, -0.05) is 0 Å². The van der Waals surface area contributed by atoms with Crippen LogP contribution in [0.3, 0.4) is 0 Å². The third-order valence-corrected chi connectivity index (χ3v) is 3.52. The molecule has 0 aliphatic rings. The number of nitrogens with zero attached hydrogens (tertiary/aromatic N) is 5. The van der Waals surface area contributed by atoms with Gasteiger partial charge in [-0.15, -0.1) is 5.11 Å². The molecule has 0 atom stereocenters. The Balaban J connectivity index is 1.67. The number of rotatable bonds is 5. The van der Waals surface area contributed by atoms with Crippen molar-refractivity contribution in [3.05, 3.63) is 76.8 Å². The van der Waals surface area contributed by atoms with Crippen molar-refractivity contribution in [2.75, 3.05) is 11.5 Å². The molecule has 0 aliphatic heterocycles. The first-order valence-corrected chi connectivity index (χ1v) is 7.84. The SMILES string of the molecule is Nc1ccc(N=Nc2ccc(/N=N/c3ccc([N+](=O)[O-])cc3)cc2)c(N)c1. The van der Waals surface area contributed by atoms with Crippen LogP contribution in [-0.4, -0.2) is 4.92 Å². The maximum Gasteiger partial charge on any atom is 0.269 e. The van der Waals surface area contributed by atoms with Crippen LogP contribution in [-0.2, 0) is 0 Å². The van der Waals surface area contributed by atoms with E-state index >= 15 is 0 Å². The Bertz CT molecular complexity index is 1010. The molecule has 0 fully saturated rings. The zero-order valence-electron chi connectivity index (χ0n) is 14.1. The molecule has 0 spiro atoms. The van der Waals surface area contributed by atoms with Gasteiger partial charge in [0.15, 0.2) is 0 Å². The summed E-state index contributed by atoms with van der Waals surface area (Å²) >= 11 is 0. The Morgan fingerprint density at radius 2 is 1.19 bits per heavy atom. The fourth-order valence-electron chi connectivity index (χ4n) is 2.12. The zero-order valence-corrected chi connectivity index (χ0v) is 14.1. The second-order valence-corrected chi connectivity index (χ2v) is 5.51. The van der Waals surface area contributed by atoms with Crippen LogP contribution < -0.4 is 11.5 Å². The van der Waals surface area contributed by atoms with Gasteiger partial charge in [0.05, 0.1) is 27.7 Å². The van der Waals surface area contributed by atoms with Crippen molar-refractivity contribution in [3.8, 4) is 0 Å². The van der Waals surface area contributed by atoms with Gasteiger partial charge in [0.2, 0.25) is 0 Å². The van der Waals surface area contributed by atoms with Gasteiger partial charge >= 0.3 is 0 Å². The third kappa shape index (κ3) is 4.69. The highest BCUT2D eigenvalue weighted by Gasteiger charge is 2.03. The summed E-state index contributed by atoms with van der Waals surface area (Å²) in [6.45, 7) is 0. The fourth-order valence-corrected chi connectivity index (χ4v) is 2.12. The summed E-state index contributed by atoms with van der Waals surface area (Å²) in [5, 5.41) is 27.0. The number of nitro benzene ring substituents is 1. The lowest BCUT2D eigenvalue weighted by Crippen LogP contribution is -1.89. The van der Waals surface area contributed by atoms with Crippen molar-refractivity contribution in [3.63, 3.8) is 0 Å². The molecule has 134 valence electrons. The average Bonchev–Trinajstić information content (AvgIpc) is 2.67. The lowest BCUT2D eigenvalue weighted by molar-refractivity contribution is -0.384. The predicted octanol–water partition coefficient (Wildman–Crippen LogP) is 5.59. The summed E-state index contributed by atoms with van der Waals surface area (Å²) in [4.78, 5) is 10.2. The Morgan fingerprint density at radius 3 is 1.67 bits per heavy atom. The smallest absolute Gasteiger partial charge is 0.269 e. The van der Waals surface area contributed by atoms with Gasteiger partial charge in [0.1, 0.15) is 5.69 Å². The number of anilines is 2. The quantitative estimate of drug-likeness (QED) is 0.264. The van der Waals surface area contributed by atoms with Crippen LogP contribution in [0.15, 0.2) is 87.2 Å². The predicted molar refractivity (Wildman–Crippen MR) is 103 cm³/mol. The number of nitrogens with two attached hydrogens (primary N) is 2. The Labute approximate surface area is 154 Å². The molecule has 3 rings (SSSR count). The Kier molecular flexibility index (Phi) is 5.12. The maximum absolute atomic E-state index is 10.6. The van der Waals surface area contributed by atoms with Crippen LogP contribution in [0.25, 0.3) is 0 Å². The summed E-state index contributed by atoms with van der Waals surface area (Å²) in [5.41, 5.74) is 14.8. The molecule has 27 heavy (non-hydrogen) atoms. The number of benzene rings is 3. The van der Waals surface area contributed by atoms with E-state index in [1.54, 1.807) is 42.5 Å². The second kappa shape index (κ2) is 7.83. The highest BCUT2D eigenvalue weighted by atomic mass is 16.6. The highest BCUT2D eigenvalue weighted by molar-refractivity contribution is 5.67. The Hall–Kier alpha value is -4.14. The number of nitrogen functional groups attached to an aromatic ring is 2. The van der Waals surface area contributed by atoms with E-state index < -0.39 is 4.92 Å². The summed E-state index contributed by atoms with van der Waals surface area (Å²) < 4.78 is 0. The lowest BCUT2D eigenvalue weighted by atomic mass is 10.2. The number of hydrogen-bond acceptors (Lipinski definition) is 8. The summed E-state index contributed by atoms with van der Waals surface area (Å²) in [7, 11) is 0. The van der Waals surface area contributed by atoms with E-state index in [0.717, 1.165) is 0 Å². The molecule has 0 amide bonds. The molecular formula is C18H15N7O2. The van der Waals surface area contributed by atoms with Gasteiger partial charge in [-0.2, -0.15) is 15.3 Å². The largest absolute Gasteiger partial charge is 0.399 e. The lowest BCUT2D eigenvalue weighted by Gasteiger charge is -2.00. The summed E-state index contributed by atoms with van der Waals surface area (Å²) in [6, 6.07) is 17.8. The van der Waals surface area contributed by atoms with E-state index in [-0.39, 0.29) is 5.69 Å². The summed E-state index contributed by atoms with van der Waals surface area (Å²) in [6.07, 6.45) is 0. The van der Waals surface area contributed by atoms with Gasteiger partial charge in [-0.3, -0.25) is 10.1 Å². The van der Waals surface area contributed by atoms with Gasteiger partial charge in [-0.05, 0) is 54.6 Å². The van der Waals surface area contributed by atoms with Crippen LogP contribution in [0.4, 0.5) is 39.8 Å². The van der Waals surface area contributed by atoms with Gasteiger partial charge in [-0.25, -0.2) is 0 Å². The number of azo groups is 2. The van der Waals surface area contributed by atoms with Crippen LogP contribution in [0.2, 0.25) is 0 Å². The van der Waals surface area contributed by atoms with E-state index in [0.29, 0.717) is 34.1 Å². The van der Waals surface area contributed by atoms with E-state index in [9.17, 15) is 10.1 Å². The fraction of sp³-hybridized carbons (Fsp3) is 0. The van der Waals surface area contributed by atoms with Crippen molar-refractivity contribution in [1.29, 1.82) is 0 Å². The van der Waals surface area contributed by atoms with Crippen molar-refractivity contribution in [2.24, 2.45) is 20.5 Å². The molecule has 0 heterocycles. The third-order valence-electron chi connectivity index (χ3n) is 3.52. The molecule has 0 saturated heterocycles. The topological polar surface area (TPSA) is 145 Å². The first kappa shape index (κ1) is 17.7. The molecule has 9 nitrogen and oxygen atoms in total. The molecular weight excluding hydrogens is 346 g/mol. The van der Waals surface area contributed by atoms with Gasteiger partial charge < -0.3 is 11.5 Å². The molecule has 0 radical (unpaired) electrons. The molecule has 4 N–H and O–H groups in total. The average molecular weight is 361 g/mol. The van der Waals surface area contributed by atoms with E-state index in [1.165, 1.54) is 24.3 Å². The van der Waals surface area contributed by atoms with Crippen LogP contribution in [0.5, 0.6) is 0 Å². The highest BCUT2D eigenvalue weighted by Crippen LogP contribution is 2.27. The van der Waals surface area contributed by atoms with Crippen molar-refractivity contribution in [1.82, 2.24) is 0 Å². The minimum Gasteiger partial charge on any atom is -0.399 e. The molecule has 9 heteroatoms. The van der Waals surface area contributed by atoms with Crippen LogP contribution in [0, 0.1) is 10.1 Å². The number of nitro groups is 1. The molecule has 0 aromatic heterocycles. The monoisotopic (exact) mass is 361 g/mol. The molecule has 3 aromatic rings. The molecule has 0 unspecified atom stereocenters. The van der Waals surface area contributed by atoms with E-state index in [1.807, 2.05) is 0 Å². The molecule has 0 bridgehead atoms. The summed E-state index contributed by atoms with van der Waals surface area (Å²) in [5.74, 6) is 0. The molecule has 3 aromatic carbocycles. The minimum atomic E-state index is -0.466. The maximum atomic E-state index is 10.6. The Morgan fingerprint density at radius 1 is 0.704 bits per heavy atom. The second-order valence-electron chi connectivity index (χ2n) is 5.51. The first-order chi connectivity index (χ1) is 13.0. The van der Waals surface area contributed by atoms with Crippen molar-refractivity contribution >= 4 is 39.8 Å². The van der Waals surface area contributed by atoms with Crippen LogP contribution in [0.1, 0.15) is 0 Å². The standard InChI is InChI=1S/C18H15N7O2/c19-12-1-10-18(17(20)11-12)24-23-14-4-2-13(3-5-14)21-22-15-6-8-16(9-7-15)25(26)27/h1-11H,19-20H2/b22-21+,24-23?. The van der Waals surface area contributed by atoms with Crippen molar-refractivity contribution < 1.29 is 4.92 Å². The number of hydrogen-bond donors (Lipinski definition) is 2. The molecule has 0 aliphatic carbocycles. The zero-order chi connectivity index (χ0) is 19.2. The first-order valence-electron chi connectivity index (χ1n) is 7.84.